The second-order valence-corrected chi connectivity index (χ2v) is 6.03. The lowest BCUT2D eigenvalue weighted by Crippen LogP contribution is -2.15. The van der Waals surface area contributed by atoms with Crippen molar-refractivity contribution in [3.05, 3.63) is 22.5 Å². The normalized spacial score (nSPS) is 13.8. The molecule has 2 N–H and O–H groups in total. The predicted octanol–water partition coefficient (Wildman–Crippen LogP) is 2.50. The second kappa shape index (κ2) is 4.95. The van der Waals surface area contributed by atoms with Gasteiger partial charge in [-0.25, -0.2) is 4.98 Å². The lowest BCUT2D eigenvalue weighted by molar-refractivity contribution is -0.118. The number of rotatable bonds is 4. The Hall–Kier alpha value is -0.900. The second-order valence-electron chi connectivity index (χ2n) is 5.14. The Morgan fingerprint density at radius 2 is 2.25 bits per heavy atom. The molecule has 1 heterocycles. The van der Waals surface area contributed by atoms with Gasteiger partial charge in [-0.05, 0) is 5.92 Å². The van der Waals surface area contributed by atoms with Crippen molar-refractivity contribution in [1.82, 2.24) is 4.98 Å². The smallest absolute Gasteiger partial charge is 0.217 e. The summed E-state index contributed by atoms with van der Waals surface area (Å²) in [6.07, 6.45) is 2.38. The van der Waals surface area contributed by atoms with Gasteiger partial charge >= 0.3 is 0 Å². The number of hydrogen-bond donors (Lipinski definition) is 1. The Kier molecular flexibility index (Phi) is 4.08. The third-order valence-corrected chi connectivity index (χ3v) is 3.05. The van der Waals surface area contributed by atoms with Crippen LogP contribution in [0.1, 0.15) is 44.8 Å². The van der Waals surface area contributed by atoms with Crippen LogP contribution < -0.4 is 5.73 Å². The minimum Gasteiger partial charge on any atom is -0.370 e. The molecule has 1 atom stereocenters. The SMILES string of the molecule is C[C@@H]([CH]c1nc(C(C)(C)C)cs1)CC(N)=O. The number of nitrogens with zero attached hydrogens (tertiary/aromatic N) is 1. The van der Waals surface area contributed by atoms with Crippen LogP contribution >= 0.6 is 11.3 Å². The summed E-state index contributed by atoms with van der Waals surface area (Å²) in [6.45, 7) is 8.39. The van der Waals surface area contributed by atoms with Crippen molar-refractivity contribution in [1.29, 1.82) is 0 Å². The lowest BCUT2D eigenvalue weighted by Gasteiger charge is -2.14. The number of primary amides is 1. The number of aromatic nitrogens is 1. The third-order valence-electron chi connectivity index (χ3n) is 2.24. The van der Waals surface area contributed by atoms with E-state index in [1.54, 1.807) is 11.3 Å². The van der Waals surface area contributed by atoms with Crippen molar-refractivity contribution in [2.75, 3.05) is 0 Å². The maximum Gasteiger partial charge on any atom is 0.217 e. The first-order valence-corrected chi connectivity index (χ1v) is 6.26. The van der Waals surface area contributed by atoms with E-state index in [4.69, 9.17) is 5.73 Å². The first kappa shape index (κ1) is 13.2. The molecule has 1 radical (unpaired) electrons. The van der Waals surface area contributed by atoms with Crippen molar-refractivity contribution in [2.45, 2.75) is 39.5 Å². The van der Waals surface area contributed by atoms with E-state index in [-0.39, 0.29) is 17.2 Å². The molecular formula is C12H19N2OS. The number of thiazole rings is 1. The maximum absolute atomic E-state index is 10.7. The summed E-state index contributed by atoms with van der Waals surface area (Å²) < 4.78 is 0. The van der Waals surface area contributed by atoms with Gasteiger partial charge in [0.15, 0.2) is 0 Å². The van der Waals surface area contributed by atoms with E-state index in [0.29, 0.717) is 6.42 Å². The molecule has 16 heavy (non-hydrogen) atoms. The molecule has 89 valence electrons. The zero-order valence-corrected chi connectivity index (χ0v) is 11.1. The molecule has 1 amide bonds. The fourth-order valence-corrected chi connectivity index (χ4v) is 2.43. The van der Waals surface area contributed by atoms with Gasteiger partial charge in [-0.15, -0.1) is 11.3 Å². The highest BCUT2D eigenvalue weighted by molar-refractivity contribution is 7.10. The summed E-state index contributed by atoms with van der Waals surface area (Å²) in [5.41, 5.74) is 6.32. The highest BCUT2D eigenvalue weighted by Crippen LogP contribution is 2.26. The van der Waals surface area contributed by atoms with Crippen molar-refractivity contribution in [3.63, 3.8) is 0 Å². The predicted molar refractivity (Wildman–Crippen MR) is 67.2 cm³/mol. The summed E-state index contributed by atoms with van der Waals surface area (Å²) in [5, 5.41) is 3.04. The van der Waals surface area contributed by atoms with Gasteiger partial charge in [0, 0.05) is 23.6 Å². The first-order chi connectivity index (χ1) is 7.29. The Morgan fingerprint density at radius 1 is 1.62 bits per heavy atom. The minimum absolute atomic E-state index is 0.0789. The summed E-state index contributed by atoms with van der Waals surface area (Å²) in [5.74, 6) is -0.118. The number of carbonyl (C=O) groups is 1. The summed E-state index contributed by atoms with van der Waals surface area (Å²) in [6, 6.07) is 0. The summed E-state index contributed by atoms with van der Waals surface area (Å²) >= 11 is 1.61. The number of nitrogens with two attached hydrogens (primary N) is 1. The molecule has 0 aliphatic carbocycles. The lowest BCUT2D eigenvalue weighted by atomic mass is 9.93. The molecule has 0 bridgehead atoms. The molecule has 0 aromatic carbocycles. The molecule has 0 spiro atoms. The van der Waals surface area contributed by atoms with Crippen molar-refractivity contribution in [2.24, 2.45) is 11.7 Å². The number of amides is 1. The van der Waals surface area contributed by atoms with E-state index < -0.39 is 0 Å². The molecule has 0 aliphatic rings. The largest absolute Gasteiger partial charge is 0.370 e. The molecule has 4 heteroatoms. The minimum atomic E-state index is -0.267. The van der Waals surface area contributed by atoms with Crippen LogP contribution in [0.5, 0.6) is 0 Å². The van der Waals surface area contributed by atoms with Gasteiger partial charge in [-0.3, -0.25) is 4.79 Å². The van der Waals surface area contributed by atoms with Crippen molar-refractivity contribution >= 4 is 17.2 Å². The van der Waals surface area contributed by atoms with Crippen LogP contribution in [0.2, 0.25) is 0 Å². The van der Waals surface area contributed by atoms with Gasteiger partial charge in [-0.1, -0.05) is 27.7 Å². The fraction of sp³-hybridized carbons (Fsp3) is 0.583. The molecule has 0 saturated heterocycles. The Bertz CT molecular complexity index is 365. The van der Waals surface area contributed by atoms with E-state index in [2.05, 4.69) is 31.1 Å². The van der Waals surface area contributed by atoms with Gasteiger partial charge in [0.2, 0.25) is 5.91 Å². The molecule has 0 unspecified atom stereocenters. The van der Waals surface area contributed by atoms with Crippen LogP contribution in [0.15, 0.2) is 5.38 Å². The van der Waals surface area contributed by atoms with E-state index in [1.807, 2.05) is 13.3 Å². The molecule has 0 aliphatic heterocycles. The Morgan fingerprint density at radius 3 is 2.69 bits per heavy atom. The highest BCUT2D eigenvalue weighted by atomic mass is 32.1. The van der Waals surface area contributed by atoms with Crippen molar-refractivity contribution < 1.29 is 4.79 Å². The third kappa shape index (κ3) is 3.93. The Balaban J connectivity index is 2.62. The van der Waals surface area contributed by atoms with Gasteiger partial charge in [-0.2, -0.15) is 0 Å². The van der Waals surface area contributed by atoms with Gasteiger partial charge < -0.3 is 5.73 Å². The Labute approximate surface area is 101 Å². The summed E-state index contributed by atoms with van der Waals surface area (Å²) in [4.78, 5) is 15.3. The zero-order chi connectivity index (χ0) is 12.3. The molecule has 1 rings (SSSR count). The molecule has 1 aromatic rings. The zero-order valence-electron chi connectivity index (χ0n) is 10.3. The van der Waals surface area contributed by atoms with Gasteiger partial charge in [0.25, 0.3) is 0 Å². The van der Waals surface area contributed by atoms with Crippen LogP contribution in [0.25, 0.3) is 0 Å². The monoisotopic (exact) mass is 239 g/mol. The molecule has 0 fully saturated rings. The van der Waals surface area contributed by atoms with Crippen LogP contribution in [-0.4, -0.2) is 10.9 Å². The molecular weight excluding hydrogens is 220 g/mol. The fourth-order valence-electron chi connectivity index (χ4n) is 1.33. The molecule has 0 saturated carbocycles. The van der Waals surface area contributed by atoms with Gasteiger partial charge in [0.05, 0.1) is 10.7 Å². The van der Waals surface area contributed by atoms with Gasteiger partial charge in [0.1, 0.15) is 0 Å². The molecule has 3 nitrogen and oxygen atoms in total. The quantitative estimate of drug-likeness (QED) is 0.877. The average molecular weight is 239 g/mol. The highest BCUT2D eigenvalue weighted by Gasteiger charge is 2.18. The standard InChI is InChI=1S/C12H19N2OS/c1-8(5-10(13)15)6-11-14-9(7-16-11)12(2,3)4/h6-8H,5H2,1-4H3,(H2,13,15)/t8-/m1/s1. The van der Waals surface area contributed by atoms with E-state index in [1.165, 1.54) is 0 Å². The van der Waals surface area contributed by atoms with E-state index >= 15 is 0 Å². The van der Waals surface area contributed by atoms with Crippen LogP contribution in [-0.2, 0) is 10.2 Å². The maximum atomic E-state index is 10.7. The van der Waals surface area contributed by atoms with Crippen LogP contribution in [0.4, 0.5) is 0 Å². The number of carbonyl (C=O) groups excluding carboxylic acids is 1. The van der Waals surface area contributed by atoms with Crippen molar-refractivity contribution in [3.8, 4) is 0 Å². The van der Waals surface area contributed by atoms with E-state index in [0.717, 1.165) is 10.7 Å². The molecule has 1 aromatic heterocycles. The number of hydrogen-bond acceptors (Lipinski definition) is 3. The first-order valence-electron chi connectivity index (χ1n) is 5.38. The topological polar surface area (TPSA) is 56.0 Å². The van der Waals surface area contributed by atoms with Crippen LogP contribution in [0, 0.1) is 12.3 Å². The van der Waals surface area contributed by atoms with Crippen LogP contribution in [0.3, 0.4) is 0 Å². The van der Waals surface area contributed by atoms with E-state index in [9.17, 15) is 4.79 Å². The summed E-state index contributed by atoms with van der Waals surface area (Å²) in [7, 11) is 0. The average Bonchev–Trinajstić information content (AvgIpc) is 2.49.